The van der Waals surface area contributed by atoms with Gasteiger partial charge in [-0.15, -0.1) is 5.12 Å². The van der Waals surface area contributed by atoms with Gasteiger partial charge in [0.15, 0.2) is 12.5 Å². The second-order valence-corrected chi connectivity index (χ2v) is 2.43. The molecule has 0 aromatic rings. The number of halogens is 7. The van der Waals surface area contributed by atoms with E-state index in [-0.39, 0.29) is 0 Å². The standard InChI is InChI=1S/C4HF6N.C2H3FO2/c5-2-1-11(10)4(8,9)3(2,6)7;3-1-2(4)5/h1H;1H2,(H,4,5). The monoisotopic (exact) mass is 255 g/mol. The maximum atomic E-state index is 11.9. The molecule has 0 saturated carbocycles. The Balaban J connectivity index is 0.000000385. The number of carboxylic acid groups (broad SMARTS) is 1. The van der Waals surface area contributed by atoms with Gasteiger partial charge in [0.05, 0.1) is 6.20 Å². The molecule has 0 atom stereocenters. The fraction of sp³-hybridized carbons (Fsp3) is 0.500. The lowest BCUT2D eigenvalue weighted by molar-refractivity contribution is -0.289. The van der Waals surface area contributed by atoms with Crippen molar-refractivity contribution >= 4 is 5.97 Å². The Morgan fingerprint density at radius 2 is 1.75 bits per heavy atom. The summed E-state index contributed by atoms with van der Waals surface area (Å²) in [7, 11) is 0. The summed E-state index contributed by atoms with van der Waals surface area (Å²) in [4.78, 5) is 8.99. The fourth-order valence-corrected chi connectivity index (χ4v) is 0.539. The normalized spacial score (nSPS) is 20.9. The van der Waals surface area contributed by atoms with Gasteiger partial charge in [-0.25, -0.2) is 13.6 Å². The molecule has 0 aromatic carbocycles. The molecule has 0 unspecified atom stereocenters. The highest BCUT2D eigenvalue weighted by atomic mass is 19.3. The molecule has 0 amide bonds. The fourth-order valence-electron chi connectivity index (χ4n) is 0.539. The molecule has 0 spiro atoms. The predicted octanol–water partition coefficient (Wildman–Crippen LogP) is 2.27. The number of rotatable bonds is 1. The van der Waals surface area contributed by atoms with Crippen LogP contribution in [0.1, 0.15) is 0 Å². The minimum absolute atomic E-state index is 0.583. The molecular formula is C6H4F7NO2. The molecule has 1 N–H and O–H groups in total. The van der Waals surface area contributed by atoms with Gasteiger partial charge in [-0.3, -0.25) is 0 Å². The number of hydrogen-bond donors (Lipinski definition) is 1. The molecule has 0 aliphatic carbocycles. The highest BCUT2D eigenvalue weighted by Crippen LogP contribution is 2.48. The molecule has 16 heavy (non-hydrogen) atoms. The number of hydrogen-bond acceptors (Lipinski definition) is 2. The average Bonchev–Trinajstić information content (AvgIpc) is 2.29. The maximum Gasteiger partial charge on any atom is 0.420 e. The van der Waals surface area contributed by atoms with E-state index in [4.69, 9.17) is 9.90 Å². The van der Waals surface area contributed by atoms with Crippen molar-refractivity contribution in [2.24, 2.45) is 0 Å². The van der Waals surface area contributed by atoms with Gasteiger partial charge in [-0.1, -0.05) is 4.48 Å². The zero-order chi connectivity index (χ0) is 13.1. The van der Waals surface area contributed by atoms with E-state index in [1.807, 2.05) is 0 Å². The Morgan fingerprint density at radius 3 is 1.81 bits per heavy atom. The SMILES string of the molecule is FC1=CN(F)C(F)(F)C1(F)F.O=C(O)CF. The van der Waals surface area contributed by atoms with E-state index in [9.17, 15) is 30.8 Å². The van der Waals surface area contributed by atoms with Gasteiger partial charge in [0, 0.05) is 0 Å². The molecule has 10 heteroatoms. The lowest BCUT2D eigenvalue weighted by atomic mass is 10.3. The molecular weight excluding hydrogens is 251 g/mol. The van der Waals surface area contributed by atoms with Crippen molar-refractivity contribution in [1.82, 2.24) is 5.12 Å². The topological polar surface area (TPSA) is 40.5 Å². The summed E-state index contributed by atoms with van der Waals surface area (Å²) in [6.45, 7) is -1.28. The van der Waals surface area contributed by atoms with Crippen LogP contribution in [0.3, 0.4) is 0 Å². The zero-order valence-corrected chi connectivity index (χ0v) is 7.23. The van der Waals surface area contributed by atoms with Crippen LogP contribution in [0.4, 0.5) is 30.8 Å². The lowest BCUT2D eigenvalue weighted by Gasteiger charge is -2.20. The van der Waals surface area contributed by atoms with Crippen LogP contribution in [-0.4, -0.2) is 34.8 Å². The number of alkyl halides is 5. The summed E-state index contributed by atoms with van der Waals surface area (Å²) in [6, 6.07) is -5.11. The summed E-state index contributed by atoms with van der Waals surface area (Å²) in [5.41, 5.74) is 0. The second kappa shape index (κ2) is 4.58. The number of carboxylic acids is 1. The molecule has 0 bridgehead atoms. The lowest BCUT2D eigenvalue weighted by Crippen LogP contribution is -2.44. The van der Waals surface area contributed by atoms with E-state index in [0.717, 1.165) is 0 Å². The van der Waals surface area contributed by atoms with Gasteiger partial charge in [0.2, 0.25) is 0 Å². The Morgan fingerprint density at radius 1 is 1.38 bits per heavy atom. The molecule has 0 aromatic heterocycles. The Hall–Kier alpha value is -1.48. The van der Waals surface area contributed by atoms with Crippen LogP contribution >= 0.6 is 0 Å². The van der Waals surface area contributed by atoms with E-state index in [0.29, 0.717) is 0 Å². The largest absolute Gasteiger partial charge is 0.479 e. The average molecular weight is 255 g/mol. The molecule has 1 aliphatic heterocycles. The first-order chi connectivity index (χ1) is 7.07. The minimum atomic E-state index is -5.11. The van der Waals surface area contributed by atoms with Crippen LogP contribution < -0.4 is 0 Å². The summed E-state index contributed by atoms with van der Waals surface area (Å²) in [5, 5.41) is 5.70. The molecule has 94 valence electrons. The number of aliphatic carboxylic acids is 1. The van der Waals surface area contributed by atoms with Crippen molar-refractivity contribution in [2.45, 2.75) is 12.0 Å². The van der Waals surface area contributed by atoms with E-state index in [1.54, 1.807) is 0 Å². The first kappa shape index (κ1) is 14.5. The van der Waals surface area contributed by atoms with Crippen molar-refractivity contribution in [2.75, 3.05) is 6.67 Å². The molecule has 1 heterocycles. The van der Waals surface area contributed by atoms with Crippen molar-refractivity contribution in [3.05, 3.63) is 12.0 Å². The smallest absolute Gasteiger partial charge is 0.420 e. The maximum absolute atomic E-state index is 11.9. The third-order valence-corrected chi connectivity index (χ3v) is 1.29. The van der Waals surface area contributed by atoms with Crippen LogP contribution in [0.15, 0.2) is 12.0 Å². The summed E-state index contributed by atoms with van der Waals surface area (Å²) < 4.78 is 81.6. The molecule has 1 aliphatic rings. The van der Waals surface area contributed by atoms with Crippen LogP contribution in [0.5, 0.6) is 0 Å². The highest BCUT2D eigenvalue weighted by molar-refractivity contribution is 5.67. The molecule has 0 saturated heterocycles. The number of nitrogens with zero attached hydrogens (tertiary/aromatic N) is 1. The molecule has 0 fully saturated rings. The van der Waals surface area contributed by atoms with Crippen LogP contribution in [-0.2, 0) is 4.79 Å². The van der Waals surface area contributed by atoms with Crippen molar-refractivity contribution in [3.8, 4) is 0 Å². The molecule has 1 rings (SSSR count). The van der Waals surface area contributed by atoms with E-state index >= 15 is 0 Å². The van der Waals surface area contributed by atoms with Crippen molar-refractivity contribution in [1.29, 1.82) is 0 Å². The van der Waals surface area contributed by atoms with Crippen molar-refractivity contribution < 1.29 is 40.7 Å². The quantitative estimate of drug-likeness (QED) is 0.444. The zero-order valence-electron chi connectivity index (χ0n) is 7.23. The molecule has 3 nitrogen and oxygen atoms in total. The first-order valence-electron chi connectivity index (χ1n) is 3.43. The van der Waals surface area contributed by atoms with Gasteiger partial charge in [-0.2, -0.15) is 17.6 Å². The second-order valence-electron chi connectivity index (χ2n) is 2.43. The van der Waals surface area contributed by atoms with Crippen LogP contribution in [0.25, 0.3) is 0 Å². The third kappa shape index (κ3) is 2.55. The van der Waals surface area contributed by atoms with Crippen LogP contribution in [0, 0.1) is 0 Å². The minimum Gasteiger partial charge on any atom is -0.479 e. The van der Waals surface area contributed by atoms with Gasteiger partial charge < -0.3 is 5.11 Å². The Labute approximate surface area is 83.7 Å². The third-order valence-electron chi connectivity index (χ3n) is 1.29. The Bertz CT molecular complexity index is 303. The van der Waals surface area contributed by atoms with Gasteiger partial charge in [-0.05, 0) is 0 Å². The first-order valence-corrected chi connectivity index (χ1v) is 3.43. The summed E-state index contributed by atoms with van der Waals surface area (Å²) in [6.07, 6.45) is -0.583. The summed E-state index contributed by atoms with van der Waals surface area (Å²) in [5.74, 6) is -8.96. The number of carbonyl (C=O) groups is 1. The predicted molar refractivity (Wildman–Crippen MR) is 35.6 cm³/mol. The van der Waals surface area contributed by atoms with E-state index < -0.39 is 41.8 Å². The van der Waals surface area contributed by atoms with Gasteiger partial charge in [0.25, 0.3) is 0 Å². The molecule has 0 radical (unpaired) electrons. The van der Waals surface area contributed by atoms with Gasteiger partial charge in [0.1, 0.15) is 0 Å². The van der Waals surface area contributed by atoms with Crippen LogP contribution in [0.2, 0.25) is 0 Å². The van der Waals surface area contributed by atoms with E-state index in [1.165, 1.54) is 0 Å². The highest BCUT2D eigenvalue weighted by Gasteiger charge is 2.68. The van der Waals surface area contributed by atoms with E-state index in [2.05, 4.69) is 0 Å². The van der Waals surface area contributed by atoms with Crippen molar-refractivity contribution in [3.63, 3.8) is 0 Å². The van der Waals surface area contributed by atoms with Gasteiger partial charge >= 0.3 is 17.9 Å². The Kier molecular flexibility index (Phi) is 4.15. The summed E-state index contributed by atoms with van der Waals surface area (Å²) >= 11 is 0.